The van der Waals surface area contributed by atoms with Crippen LogP contribution in [0.15, 0.2) is 65.5 Å². The molecule has 2 aromatic carbocycles. The Balaban J connectivity index is 0.000000234. The minimum absolute atomic E-state index is 0.104. The fourth-order valence-electron chi connectivity index (χ4n) is 2.67. The van der Waals surface area contributed by atoms with Crippen LogP contribution < -0.4 is 11.3 Å². The number of carboxylic acids is 2. The number of H-pyrrole nitrogens is 1. The Morgan fingerprint density at radius 3 is 2.24 bits per heavy atom. The molecule has 0 aliphatic carbocycles. The first-order chi connectivity index (χ1) is 13.6. The lowest BCUT2D eigenvalue weighted by Gasteiger charge is -2.19. The molecule has 0 aliphatic heterocycles. The molecule has 0 saturated carbocycles. The molecular weight excluding hydrogens is 376 g/mol. The summed E-state index contributed by atoms with van der Waals surface area (Å²) in [7, 11) is 0. The average molecular weight is 398 g/mol. The van der Waals surface area contributed by atoms with Gasteiger partial charge >= 0.3 is 11.9 Å². The zero-order chi connectivity index (χ0) is 21.6. The predicted octanol–water partition coefficient (Wildman–Crippen LogP) is 1.68. The Morgan fingerprint density at radius 1 is 1.07 bits per heavy atom. The van der Waals surface area contributed by atoms with Gasteiger partial charge < -0.3 is 26.0 Å². The average Bonchev–Trinajstić information content (AvgIpc) is 2.68. The smallest absolute Gasteiger partial charge is 0.337 e. The quantitative estimate of drug-likeness (QED) is 0.438. The zero-order valence-corrected chi connectivity index (χ0v) is 15.7. The first-order valence-electron chi connectivity index (χ1n) is 8.71. The largest absolute Gasteiger partial charge is 0.480 e. The highest BCUT2D eigenvalue weighted by Gasteiger charge is 2.28. The fourth-order valence-corrected chi connectivity index (χ4v) is 2.67. The Bertz CT molecular complexity index is 1060. The second-order valence-corrected chi connectivity index (χ2v) is 6.76. The number of aliphatic carboxylic acids is 2. The number of hydrogen-bond donors (Lipinski definition) is 5. The van der Waals surface area contributed by atoms with Crippen molar-refractivity contribution in [3.63, 3.8) is 0 Å². The summed E-state index contributed by atoms with van der Waals surface area (Å²) in [6.45, 7) is 1.44. The molecule has 8 nitrogen and oxygen atoms in total. The van der Waals surface area contributed by atoms with Gasteiger partial charge in [-0.1, -0.05) is 48.5 Å². The molecule has 0 aliphatic rings. The van der Waals surface area contributed by atoms with Crippen molar-refractivity contribution in [3.05, 3.63) is 82.1 Å². The van der Waals surface area contributed by atoms with E-state index in [1.54, 1.807) is 42.5 Å². The van der Waals surface area contributed by atoms with Crippen LogP contribution in [0.5, 0.6) is 0 Å². The SMILES string of the molecule is C[C@](N)(Cc1cc(=O)[nH]c2ccccc12)C(=O)O.O=C(O)C(O)c1ccccc1. The third-order valence-electron chi connectivity index (χ3n) is 4.23. The van der Waals surface area contributed by atoms with Crippen LogP contribution in [-0.4, -0.2) is 37.8 Å². The van der Waals surface area contributed by atoms with E-state index in [4.69, 9.17) is 21.1 Å². The maximum Gasteiger partial charge on any atom is 0.337 e. The van der Waals surface area contributed by atoms with Crippen LogP contribution in [0.25, 0.3) is 10.9 Å². The predicted molar refractivity (Wildman–Crippen MR) is 108 cm³/mol. The highest BCUT2D eigenvalue weighted by molar-refractivity contribution is 5.84. The third kappa shape index (κ3) is 5.74. The Labute approximate surface area is 166 Å². The van der Waals surface area contributed by atoms with Crippen LogP contribution in [0, 0.1) is 0 Å². The summed E-state index contributed by atoms with van der Waals surface area (Å²) in [5.74, 6) is -2.32. The lowest BCUT2D eigenvalue weighted by molar-refractivity contribution is -0.147. The molecule has 1 unspecified atom stereocenters. The Morgan fingerprint density at radius 2 is 1.66 bits per heavy atom. The molecule has 0 amide bonds. The van der Waals surface area contributed by atoms with Crippen molar-refractivity contribution in [2.24, 2.45) is 5.73 Å². The summed E-state index contributed by atoms with van der Waals surface area (Å²) in [4.78, 5) is 35.5. The van der Waals surface area contributed by atoms with Crippen LogP contribution in [0.3, 0.4) is 0 Å². The molecular formula is C21H22N2O6. The minimum atomic E-state index is -1.41. The number of nitrogens with two attached hydrogens (primary N) is 1. The standard InChI is InChI=1S/C13H14N2O3.C8H8O3/c1-13(14,12(17)18)7-8-6-11(16)15-10-5-3-2-4-9(8)10;9-7(8(10)11)6-4-2-1-3-5-6/h2-6H,7,14H2,1H3,(H,15,16)(H,17,18);1-5,7,9H,(H,10,11)/t13-;/m0./s1. The molecule has 3 aromatic rings. The number of para-hydroxylation sites is 1. The molecule has 0 bridgehead atoms. The van der Waals surface area contributed by atoms with Crippen molar-refractivity contribution in [3.8, 4) is 0 Å². The van der Waals surface area contributed by atoms with Gasteiger partial charge in [0.15, 0.2) is 6.10 Å². The summed E-state index contributed by atoms with van der Waals surface area (Å²) in [5, 5.41) is 27.2. The highest BCUT2D eigenvalue weighted by Crippen LogP contribution is 2.19. The molecule has 0 radical (unpaired) electrons. The number of rotatable bonds is 5. The van der Waals surface area contributed by atoms with Crippen LogP contribution in [0.4, 0.5) is 0 Å². The lowest BCUT2D eigenvalue weighted by atomic mass is 9.92. The van der Waals surface area contributed by atoms with E-state index in [1.165, 1.54) is 13.0 Å². The van der Waals surface area contributed by atoms with Crippen molar-refractivity contribution in [2.45, 2.75) is 25.0 Å². The summed E-state index contributed by atoms with van der Waals surface area (Å²) in [6.07, 6.45) is -1.30. The van der Waals surface area contributed by atoms with E-state index in [0.29, 0.717) is 16.6 Å². The van der Waals surface area contributed by atoms with Crippen LogP contribution in [-0.2, 0) is 16.0 Å². The number of nitrogens with one attached hydrogen (secondary N) is 1. The summed E-state index contributed by atoms with van der Waals surface area (Å²) < 4.78 is 0. The molecule has 0 saturated heterocycles. The van der Waals surface area contributed by atoms with Gasteiger partial charge in [-0.2, -0.15) is 0 Å². The van der Waals surface area contributed by atoms with Gasteiger partial charge in [-0.25, -0.2) is 4.79 Å². The number of aliphatic hydroxyl groups is 1. The number of carboxylic acid groups (broad SMARTS) is 2. The van der Waals surface area contributed by atoms with Gasteiger partial charge in [0.2, 0.25) is 5.56 Å². The van der Waals surface area contributed by atoms with Crippen molar-refractivity contribution >= 4 is 22.8 Å². The number of hydrogen-bond acceptors (Lipinski definition) is 5. The van der Waals surface area contributed by atoms with E-state index in [0.717, 1.165) is 5.39 Å². The van der Waals surface area contributed by atoms with Gasteiger partial charge in [-0.15, -0.1) is 0 Å². The number of pyridine rings is 1. The molecule has 1 heterocycles. The van der Waals surface area contributed by atoms with Gasteiger partial charge in [-0.05, 0) is 24.1 Å². The second kappa shape index (κ2) is 9.13. The van der Waals surface area contributed by atoms with Crippen LogP contribution >= 0.6 is 0 Å². The minimum Gasteiger partial charge on any atom is -0.480 e. The van der Waals surface area contributed by atoms with Crippen LogP contribution in [0.2, 0.25) is 0 Å². The molecule has 8 heteroatoms. The second-order valence-electron chi connectivity index (χ2n) is 6.76. The van der Waals surface area contributed by atoms with Crippen molar-refractivity contribution in [1.29, 1.82) is 0 Å². The summed E-state index contributed by atoms with van der Waals surface area (Å²) in [5.41, 5.74) is 5.79. The van der Waals surface area contributed by atoms with Crippen molar-refractivity contribution < 1.29 is 24.9 Å². The number of fused-ring (bicyclic) bond motifs is 1. The molecule has 6 N–H and O–H groups in total. The van der Waals surface area contributed by atoms with Gasteiger partial charge in [0.05, 0.1) is 0 Å². The third-order valence-corrected chi connectivity index (χ3v) is 4.23. The normalized spacial score (nSPS) is 13.6. The fraction of sp³-hybridized carbons (Fsp3) is 0.190. The molecule has 0 spiro atoms. The van der Waals surface area contributed by atoms with Gasteiger partial charge in [0.1, 0.15) is 5.54 Å². The molecule has 1 aromatic heterocycles. The van der Waals surface area contributed by atoms with E-state index in [9.17, 15) is 14.4 Å². The molecule has 29 heavy (non-hydrogen) atoms. The number of aromatic amines is 1. The molecule has 152 valence electrons. The van der Waals surface area contributed by atoms with Gasteiger partial charge in [0.25, 0.3) is 0 Å². The maximum absolute atomic E-state index is 11.5. The van der Waals surface area contributed by atoms with E-state index in [-0.39, 0.29) is 12.0 Å². The van der Waals surface area contributed by atoms with Crippen LogP contribution in [0.1, 0.15) is 24.2 Å². The van der Waals surface area contributed by atoms with Gasteiger partial charge in [0, 0.05) is 23.4 Å². The van der Waals surface area contributed by atoms with E-state index >= 15 is 0 Å². The topological polar surface area (TPSA) is 154 Å². The summed E-state index contributed by atoms with van der Waals surface area (Å²) >= 11 is 0. The molecule has 2 atom stereocenters. The Hall–Kier alpha value is -3.49. The lowest BCUT2D eigenvalue weighted by Crippen LogP contribution is -2.47. The highest BCUT2D eigenvalue weighted by atomic mass is 16.4. The first kappa shape index (κ1) is 21.8. The number of aromatic nitrogens is 1. The van der Waals surface area contributed by atoms with Crippen molar-refractivity contribution in [1.82, 2.24) is 4.98 Å². The molecule has 0 fully saturated rings. The summed E-state index contributed by atoms with van der Waals surface area (Å²) in [6, 6.07) is 16.9. The maximum atomic E-state index is 11.5. The number of carbonyl (C=O) groups is 2. The Kier molecular flexibility index (Phi) is 6.87. The monoisotopic (exact) mass is 398 g/mol. The van der Waals surface area contributed by atoms with Gasteiger partial charge in [-0.3, -0.25) is 9.59 Å². The zero-order valence-electron chi connectivity index (χ0n) is 15.7. The number of benzene rings is 2. The van der Waals surface area contributed by atoms with E-state index in [2.05, 4.69) is 4.98 Å². The van der Waals surface area contributed by atoms with E-state index in [1.807, 2.05) is 12.1 Å². The first-order valence-corrected chi connectivity index (χ1v) is 8.71. The van der Waals surface area contributed by atoms with Crippen molar-refractivity contribution in [2.75, 3.05) is 0 Å². The van der Waals surface area contributed by atoms with E-state index < -0.39 is 23.6 Å². The number of aliphatic hydroxyl groups excluding tert-OH is 1. The molecule has 3 rings (SSSR count).